The second-order valence-electron chi connectivity index (χ2n) is 6.79. The molecule has 1 aliphatic rings. The van der Waals surface area contributed by atoms with Crippen molar-refractivity contribution >= 4 is 34.0 Å². The highest BCUT2D eigenvalue weighted by Gasteiger charge is 2.23. The normalized spacial score (nSPS) is 13.5. The number of carbonyl (C=O) groups excluding carboxylic acids is 2. The van der Waals surface area contributed by atoms with Gasteiger partial charge in [-0.2, -0.15) is 0 Å². The van der Waals surface area contributed by atoms with Crippen molar-refractivity contribution in [3.8, 4) is 5.75 Å². The van der Waals surface area contributed by atoms with Crippen molar-refractivity contribution in [2.24, 2.45) is 0 Å². The molecule has 2 amide bonds. The maximum atomic E-state index is 12.4. The van der Waals surface area contributed by atoms with Crippen LogP contribution in [-0.2, 0) is 17.8 Å². The number of ether oxygens (including phenoxy) is 1. The van der Waals surface area contributed by atoms with Crippen LogP contribution in [-0.4, -0.2) is 41.4 Å². The summed E-state index contributed by atoms with van der Waals surface area (Å²) in [7, 11) is 0. The minimum atomic E-state index is -0.322. The molecule has 0 saturated carbocycles. The fourth-order valence-corrected chi connectivity index (χ4v) is 4.25. The van der Waals surface area contributed by atoms with Crippen LogP contribution in [0.15, 0.2) is 47.1 Å². The zero-order chi connectivity index (χ0) is 20.9. The van der Waals surface area contributed by atoms with Crippen molar-refractivity contribution in [1.82, 2.24) is 9.88 Å². The molecule has 4 rings (SSSR count). The molecule has 8 nitrogen and oxygen atoms in total. The molecule has 0 atom stereocenters. The third-order valence-corrected chi connectivity index (χ3v) is 5.59. The summed E-state index contributed by atoms with van der Waals surface area (Å²) in [5.74, 6) is 0.631. The van der Waals surface area contributed by atoms with Gasteiger partial charge in [-0.05, 0) is 43.3 Å². The van der Waals surface area contributed by atoms with Gasteiger partial charge in [-0.15, -0.1) is 11.3 Å². The summed E-state index contributed by atoms with van der Waals surface area (Å²) < 4.78 is 10.5. The number of fused-ring (bicyclic) bond motifs is 1. The van der Waals surface area contributed by atoms with E-state index in [2.05, 4.69) is 20.5 Å². The van der Waals surface area contributed by atoms with E-state index in [1.807, 2.05) is 31.2 Å². The van der Waals surface area contributed by atoms with Crippen LogP contribution < -0.4 is 15.4 Å². The average molecular weight is 426 g/mol. The lowest BCUT2D eigenvalue weighted by Gasteiger charge is -2.25. The van der Waals surface area contributed by atoms with Crippen LogP contribution in [0, 0.1) is 0 Å². The van der Waals surface area contributed by atoms with Crippen molar-refractivity contribution in [1.29, 1.82) is 0 Å². The van der Waals surface area contributed by atoms with Gasteiger partial charge in [0.05, 0.1) is 25.1 Å². The number of hydrogen-bond donors (Lipinski definition) is 2. The van der Waals surface area contributed by atoms with Gasteiger partial charge in [0.25, 0.3) is 5.91 Å². The lowest BCUT2D eigenvalue weighted by Crippen LogP contribution is -2.36. The Kier molecular flexibility index (Phi) is 6.10. The average Bonchev–Trinajstić information content (AvgIpc) is 3.39. The SMILES string of the molecule is CCOc1ccc(NC(=O)CN2CCc3nc(NC(=O)c4ccco4)sc3C2)cc1. The van der Waals surface area contributed by atoms with Crippen LogP contribution >= 0.6 is 11.3 Å². The van der Waals surface area contributed by atoms with Crippen LogP contribution in [0.1, 0.15) is 28.0 Å². The van der Waals surface area contributed by atoms with Crippen LogP contribution in [0.2, 0.25) is 0 Å². The van der Waals surface area contributed by atoms with E-state index < -0.39 is 0 Å². The van der Waals surface area contributed by atoms with E-state index in [-0.39, 0.29) is 17.6 Å². The molecule has 1 aliphatic heterocycles. The molecule has 0 unspecified atom stereocenters. The fourth-order valence-electron chi connectivity index (χ4n) is 3.21. The standard InChI is InChI=1S/C21H22N4O4S/c1-2-28-15-7-5-14(6-8-15)22-19(26)13-25-10-9-16-18(12-25)30-21(23-16)24-20(27)17-4-3-11-29-17/h3-8,11H,2,9-10,12-13H2,1H3,(H,22,26)(H,23,24,27). The largest absolute Gasteiger partial charge is 0.494 e. The Morgan fingerprint density at radius 3 is 2.80 bits per heavy atom. The van der Waals surface area contributed by atoms with Crippen LogP contribution in [0.3, 0.4) is 0 Å². The highest BCUT2D eigenvalue weighted by molar-refractivity contribution is 7.15. The molecule has 0 spiro atoms. The van der Waals surface area contributed by atoms with Crippen LogP contribution in [0.25, 0.3) is 0 Å². The van der Waals surface area contributed by atoms with Gasteiger partial charge in [0, 0.05) is 30.1 Å². The zero-order valence-electron chi connectivity index (χ0n) is 16.5. The topological polar surface area (TPSA) is 96.7 Å². The summed E-state index contributed by atoms with van der Waals surface area (Å²) in [5, 5.41) is 6.23. The number of thiazole rings is 1. The Balaban J connectivity index is 1.31. The highest BCUT2D eigenvalue weighted by Crippen LogP contribution is 2.28. The lowest BCUT2D eigenvalue weighted by atomic mass is 10.2. The Labute approximate surface area is 177 Å². The van der Waals surface area contributed by atoms with Gasteiger partial charge in [-0.3, -0.25) is 19.8 Å². The molecular formula is C21H22N4O4S. The van der Waals surface area contributed by atoms with Crippen molar-refractivity contribution in [2.75, 3.05) is 30.3 Å². The predicted molar refractivity (Wildman–Crippen MR) is 114 cm³/mol. The van der Waals surface area contributed by atoms with E-state index in [4.69, 9.17) is 9.15 Å². The molecule has 0 aliphatic carbocycles. The Hall–Kier alpha value is -3.17. The fraction of sp³-hybridized carbons (Fsp3) is 0.286. The third-order valence-electron chi connectivity index (χ3n) is 4.59. The number of benzene rings is 1. The third kappa shape index (κ3) is 4.87. The molecule has 3 heterocycles. The summed E-state index contributed by atoms with van der Waals surface area (Å²) in [6, 6.07) is 10.6. The summed E-state index contributed by atoms with van der Waals surface area (Å²) in [6.45, 7) is 4.19. The summed E-state index contributed by atoms with van der Waals surface area (Å²) in [6.07, 6.45) is 2.19. The molecule has 30 heavy (non-hydrogen) atoms. The molecule has 2 aromatic heterocycles. The van der Waals surface area contributed by atoms with Crippen molar-refractivity contribution in [3.63, 3.8) is 0 Å². The monoisotopic (exact) mass is 426 g/mol. The first-order chi connectivity index (χ1) is 14.6. The quantitative estimate of drug-likeness (QED) is 0.601. The molecule has 156 valence electrons. The maximum Gasteiger partial charge on any atom is 0.293 e. The van der Waals surface area contributed by atoms with E-state index in [0.717, 1.165) is 35.0 Å². The van der Waals surface area contributed by atoms with Gasteiger partial charge in [-0.25, -0.2) is 4.98 Å². The summed E-state index contributed by atoms with van der Waals surface area (Å²) in [5.41, 5.74) is 1.71. The van der Waals surface area contributed by atoms with Gasteiger partial charge < -0.3 is 14.5 Å². The first-order valence-corrected chi connectivity index (χ1v) is 10.5. The van der Waals surface area contributed by atoms with E-state index >= 15 is 0 Å². The Morgan fingerprint density at radius 1 is 1.23 bits per heavy atom. The number of anilines is 2. The van der Waals surface area contributed by atoms with E-state index in [0.29, 0.717) is 24.8 Å². The van der Waals surface area contributed by atoms with Crippen molar-refractivity contribution < 1.29 is 18.7 Å². The van der Waals surface area contributed by atoms with Crippen LogP contribution in [0.5, 0.6) is 5.75 Å². The minimum absolute atomic E-state index is 0.0709. The number of carbonyl (C=O) groups is 2. The van der Waals surface area contributed by atoms with Crippen molar-refractivity contribution in [3.05, 3.63) is 59.0 Å². The van der Waals surface area contributed by atoms with Gasteiger partial charge in [0.1, 0.15) is 5.75 Å². The molecule has 3 aromatic rings. The summed E-state index contributed by atoms with van der Waals surface area (Å²) >= 11 is 1.43. The van der Waals surface area contributed by atoms with E-state index in [1.165, 1.54) is 17.6 Å². The summed E-state index contributed by atoms with van der Waals surface area (Å²) in [4.78, 5) is 32.2. The van der Waals surface area contributed by atoms with Gasteiger partial charge in [0.15, 0.2) is 10.9 Å². The molecule has 2 N–H and O–H groups in total. The number of amides is 2. The number of nitrogens with one attached hydrogen (secondary N) is 2. The van der Waals surface area contributed by atoms with Gasteiger partial charge in [-0.1, -0.05) is 0 Å². The number of hydrogen-bond acceptors (Lipinski definition) is 7. The molecule has 0 radical (unpaired) electrons. The second-order valence-corrected chi connectivity index (χ2v) is 7.87. The minimum Gasteiger partial charge on any atom is -0.494 e. The molecule has 1 aromatic carbocycles. The number of aromatic nitrogens is 1. The number of furan rings is 1. The van der Waals surface area contributed by atoms with Gasteiger partial charge >= 0.3 is 0 Å². The second kappa shape index (κ2) is 9.10. The maximum absolute atomic E-state index is 12.4. The highest BCUT2D eigenvalue weighted by atomic mass is 32.1. The lowest BCUT2D eigenvalue weighted by molar-refractivity contribution is -0.117. The Bertz CT molecular complexity index is 1010. The van der Waals surface area contributed by atoms with Crippen molar-refractivity contribution in [2.45, 2.75) is 19.9 Å². The first-order valence-electron chi connectivity index (χ1n) is 9.69. The van der Waals surface area contributed by atoms with E-state index in [1.54, 1.807) is 12.1 Å². The van der Waals surface area contributed by atoms with Crippen LogP contribution in [0.4, 0.5) is 10.8 Å². The Morgan fingerprint density at radius 2 is 2.07 bits per heavy atom. The van der Waals surface area contributed by atoms with Gasteiger partial charge in [0.2, 0.25) is 5.91 Å². The zero-order valence-corrected chi connectivity index (χ0v) is 17.3. The smallest absolute Gasteiger partial charge is 0.293 e. The number of nitrogens with zero attached hydrogens (tertiary/aromatic N) is 2. The predicted octanol–water partition coefficient (Wildman–Crippen LogP) is 3.38. The molecule has 0 saturated heterocycles. The molecule has 0 fully saturated rings. The molecule has 9 heteroatoms. The van der Waals surface area contributed by atoms with E-state index in [9.17, 15) is 9.59 Å². The molecular weight excluding hydrogens is 404 g/mol. The number of rotatable bonds is 7. The first kappa shape index (κ1) is 20.1. The molecule has 0 bridgehead atoms.